The van der Waals surface area contributed by atoms with Crippen molar-refractivity contribution in [3.8, 4) is 0 Å². The monoisotopic (exact) mass is 499 g/mol. The number of halogens is 4. The molecule has 0 unspecified atom stereocenters. The van der Waals surface area contributed by atoms with E-state index in [4.69, 9.17) is 4.78 Å². The third-order valence-electron chi connectivity index (χ3n) is 7.26. The average molecular weight is 500 g/mol. The zero-order valence-corrected chi connectivity index (χ0v) is 19.5. The van der Waals surface area contributed by atoms with Crippen LogP contribution in [0.25, 0.3) is 0 Å². The Labute approximate surface area is 194 Å². The highest BCUT2D eigenvalue weighted by atomic mass is 32.2. The molecule has 4 aliphatic carbocycles. The molecule has 0 saturated heterocycles. The second-order valence-corrected chi connectivity index (χ2v) is 12.6. The predicted molar refractivity (Wildman–Crippen MR) is 116 cm³/mol. The van der Waals surface area contributed by atoms with Crippen molar-refractivity contribution in [3.05, 3.63) is 35.3 Å². The number of nitrogens with zero attached hydrogens (tertiary/aromatic N) is 3. The Kier molecular flexibility index (Phi) is 4.96. The third kappa shape index (κ3) is 3.79. The smallest absolute Gasteiger partial charge is 0.274 e. The van der Waals surface area contributed by atoms with Gasteiger partial charge < -0.3 is 5.32 Å². The predicted octanol–water partition coefficient (Wildman–Crippen LogP) is 4.99. The summed E-state index contributed by atoms with van der Waals surface area (Å²) >= 11 is 0. The molecule has 2 N–H and O–H groups in total. The number of hydrogen-bond donors (Lipinski definition) is 2. The first-order chi connectivity index (χ1) is 15.7. The fourth-order valence-corrected chi connectivity index (χ4v) is 6.37. The van der Waals surface area contributed by atoms with Crippen molar-refractivity contribution >= 4 is 21.3 Å². The van der Waals surface area contributed by atoms with Crippen LogP contribution in [0.3, 0.4) is 0 Å². The first-order valence-electron chi connectivity index (χ1n) is 11.0. The Balaban J connectivity index is 1.54. The molecule has 12 heteroatoms. The summed E-state index contributed by atoms with van der Waals surface area (Å²) in [7, 11) is -3.16. The van der Waals surface area contributed by atoms with Gasteiger partial charge in [-0.05, 0) is 42.7 Å². The Morgan fingerprint density at radius 3 is 2.47 bits per heavy atom. The third-order valence-corrected chi connectivity index (χ3v) is 8.28. The minimum atomic E-state index is -3.16. The van der Waals surface area contributed by atoms with E-state index in [2.05, 4.69) is 15.4 Å². The highest BCUT2D eigenvalue weighted by Crippen LogP contribution is 2.66. The van der Waals surface area contributed by atoms with Crippen LogP contribution in [0.2, 0.25) is 0 Å². The molecule has 1 amide bonds. The highest BCUT2D eigenvalue weighted by Gasteiger charge is 2.61. The van der Waals surface area contributed by atoms with E-state index in [1.54, 1.807) is 6.92 Å². The molecule has 4 saturated carbocycles. The lowest BCUT2D eigenvalue weighted by Crippen LogP contribution is -2.56. The Hall–Kier alpha value is -2.50. The minimum Gasteiger partial charge on any atom is -0.321 e. The molecule has 6 rings (SSSR count). The molecule has 7 nitrogen and oxygen atoms in total. The van der Waals surface area contributed by atoms with Gasteiger partial charge >= 0.3 is 0 Å². The van der Waals surface area contributed by atoms with E-state index < -0.39 is 57.2 Å². The fraction of sp³-hybridized carbons (Fsp3) is 0.591. The Bertz CT molecular complexity index is 1270. The zero-order chi connectivity index (χ0) is 24.7. The number of carbonyl (C=O) groups excluding carboxylic acids is 1. The van der Waals surface area contributed by atoms with Gasteiger partial charge in [0.05, 0.1) is 21.0 Å². The van der Waals surface area contributed by atoms with Gasteiger partial charge in [-0.15, -0.1) is 0 Å². The number of nitrogens with one attached hydrogen (secondary N) is 2. The quantitative estimate of drug-likeness (QED) is 0.524. The number of amides is 1. The van der Waals surface area contributed by atoms with Crippen molar-refractivity contribution in [1.29, 1.82) is 4.78 Å². The van der Waals surface area contributed by atoms with Gasteiger partial charge in [-0.3, -0.25) is 9.48 Å². The summed E-state index contributed by atoms with van der Waals surface area (Å²) < 4.78 is 76.8. The molecule has 2 bridgehead atoms. The van der Waals surface area contributed by atoms with Gasteiger partial charge in [-0.25, -0.2) is 31.5 Å². The normalized spacial score (nSPS) is 27.8. The second-order valence-electron chi connectivity index (χ2n) is 10.5. The maximum absolute atomic E-state index is 14.4. The zero-order valence-electron chi connectivity index (χ0n) is 18.7. The number of hydrogen-bond acceptors (Lipinski definition) is 5. The van der Waals surface area contributed by atoms with E-state index in [1.165, 1.54) is 29.3 Å². The van der Waals surface area contributed by atoms with Gasteiger partial charge in [0.1, 0.15) is 10.7 Å². The van der Waals surface area contributed by atoms with Crippen molar-refractivity contribution in [2.45, 2.75) is 68.4 Å². The summed E-state index contributed by atoms with van der Waals surface area (Å²) in [5.74, 6) is -3.19. The van der Waals surface area contributed by atoms with Crippen molar-refractivity contribution in [1.82, 2.24) is 14.8 Å². The van der Waals surface area contributed by atoms with Crippen LogP contribution in [0.15, 0.2) is 23.4 Å². The summed E-state index contributed by atoms with van der Waals surface area (Å²) in [6.07, 6.45) is 0.872. The molecule has 1 atom stereocenters. The van der Waals surface area contributed by atoms with E-state index >= 15 is 0 Å². The number of rotatable bonds is 7. The number of aromatic nitrogens is 3. The van der Waals surface area contributed by atoms with Crippen LogP contribution in [0.5, 0.6) is 0 Å². The van der Waals surface area contributed by atoms with Gasteiger partial charge in [0.15, 0.2) is 0 Å². The second kappa shape index (κ2) is 7.25. The molecule has 0 spiro atoms. The molecule has 0 aliphatic heterocycles. The van der Waals surface area contributed by atoms with Crippen LogP contribution in [-0.4, -0.2) is 37.1 Å². The maximum atomic E-state index is 14.4. The molecule has 0 aromatic carbocycles. The van der Waals surface area contributed by atoms with Crippen LogP contribution >= 0.6 is 0 Å². The van der Waals surface area contributed by atoms with Crippen LogP contribution in [0, 0.1) is 16.1 Å². The van der Waals surface area contributed by atoms with Crippen LogP contribution in [0.1, 0.15) is 67.2 Å². The summed E-state index contributed by atoms with van der Waals surface area (Å²) in [6, 6.07) is 2.65. The van der Waals surface area contributed by atoms with E-state index in [9.17, 15) is 26.6 Å². The molecule has 2 heterocycles. The number of alkyl halides is 4. The summed E-state index contributed by atoms with van der Waals surface area (Å²) in [6.45, 7) is 1.55. The summed E-state index contributed by atoms with van der Waals surface area (Å²) in [5, 5.41) is 6.90. The van der Waals surface area contributed by atoms with Gasteiger partial charge in [0, 0.05) is 42.9 Å². The van der Waals surface area contributed by atoms with Gasteiger partial charge in [-0.2, -0.15) is 5.10 Å². The van der Waals surface area contributed by atoms with Crippen LogP contribution < -0.4 is 5.32 Å². The largest absolute Gasteiger partial charge is 0.321 e. The number of anilines is 1. The van der Waals surface area contributed by atoms with Crippen molar-refractivity contribution in [2.75, 3.05) is 11.6 Å². The van der Waals surface area contributed by atoms with Crippen molar-refractivity contribution in [2.24, 2.45) is 11.3 Å². The molecular weight excluding hydrogens is 474 g/mol. The molecule has 0 radical (unpaired) electrons. The van der Waals surface area contributed by atoms with Gasteiger partial charge in [0.2, 0.25) is 5.92 Å². The van der Waals surface area contributed by atoms with Crippen LogP contribution in [0.4, 0.5) is 23.2 Å². The van der Waals surface area contributed by atoms with E-state index in [0.717, 1.165) is 19.3 Å². The fourth-order valence-electron chi connectivity index (χ4n) is 5.76. The topological polar surface area (TPSA) is 101 Å². The lowest BCUT2D eigenvalue weighted by molar-refractivity contribution is -0.160. The van der Waals surface area contributed by atoms with Gasteiger partial charge in [0.25, 0.3) is 12.3 Å². The minimum absolute atomic E-state index is 0.0633. The lowest BCUT2D eigenvalue weighted by atomic mass is 9.43. The van der Waals surface area contributed by atoms with Crippen LogP contribution in [-0.2, 0) is 21.7 Å². The molecule has 34 heavy (non-hydrogen) atoms. The standard InChI is InChI=1S/C22H25F4N5O2S/c1-20(9-22(25,26)10-20)11-31-16(15(18(23)24)17(30-31)21-6-12(7-21)8-21)19(32)29-13-3-4-28-14(5-13)34(2,27)33/h3-5,12,18,27H,6-11H2,1-2H3,(H,28,29,32)/t12?,21?,34-/m1/s1. The number of pyridine rings is 1. The van der Waals surface area contributed by atoms with Crippen molar-refractivity contribution in [3.63, 3.8) is 0 Å². The molecular formula is C22H25F4N5O2S. The van der Waals surface area contributed by atoms with E-state index in [0.29, 0.717) is 5.92 Å². The maximum Gasteiger partial charge on any atom is 0.274 e. The summed E-state index contributed by atoms with van der Waals surface area (Å²) in [5.41, 5.74) is -1.79. The number of carbonyl (C=O) groups is 1. The van der Waals surface area contributed by atoms with E-state index in [-0.39, 0.29) is 28.6 Å². The highest BCUT2D eigenvalue weighted by molar-refractivity contribution is 7.91. The summed E-state index contributed by atoms with van der Waals surface area (Å²) in [4.78, 5) is 17.2. The Morgan fingerprint density at radius 2 is 1.97 bits per heavy atom. The first kappa shape index (κ1) is 23.3. The SMILES string of the molecule is CC1(Cn2nc(C34CC(C3)C4)c(C(F)F)c2C(=O)Nc2ccnc([S@](C)(=N)=O)c2)CC(F)(F)C1. The van der Waals surface area contributed by atoms with E-state index in [1.807, 2.05) is 0 Å². The van der Waals surface area contributed by atoms with Gasteiger partial charge in [-0.1, -0.05) is 6.92 Å². The molecule has 4 fully saturated rings. The first-order valence-corrected chi connectivity index (χ1v) is 13.0. The molecule has 2 aromatic heterocycles. The van der Waals surface area contributed by atoms with Crippen molar-refractivity contribution < 1.29 is 26.6 Å². The lowest BCUT2D eigenvalue weighted by Gasteiger charge is -2.61. The Morgan fingerprint density at radius 1 is 1.32 bits per heavy atom. The molecule has 4 aliphatic rings. The molecule has 2 aromatic rings. The molecule has 184 valence electrons. The average Bonchev–Trinajstić information content (AvgIpc) is 2.95.